The Morgan fingerprint density at radius 2 is 2.08 bits per heavy atom. The summed E-state index contributed by atoms with van der Waals surface area (Å²) in [5.41, 5.74) is 8.08. The van der Waals surface area contributed by atoms with Gasteiger partial charge in [0.25, 0.3) is 5.69 Å². The minimum atomic E-state index is -0.560. The van der Waals surface area contributed by atoms with Crippen molar-refractivity contribution in [2.75, 3.05) is 0 Å². The number of aromatic nitrogens is 1. The number of non-ortho nitro benzene ring substituents is 1. The quantitative estimate of drug-likeness (QED) is 0.563. The Balaban J connectivity index is 2.00. The molecule has 0 bridgehead atoms. The van der Waals surface area contributed by atoms with Gasteiger partial charge >= 0.3 is 0 Å². The van der Waals surface area contributed by atoms with Gasteiger partial charge in [0.2, 0.25) is 5.88 Å². The van der Waals surface area contributed by atoms with E-state index in [0.717, 1.165) is 5.39 Å². The van der Waals surface area contributed by atoms with Gasteiger partial charge in [-0.1, -0.05) is 30.3 Å². The smallest absolute Gasteiger partial charge is 0.269 e. The molecule has 7 nitrogen and oxygen atoms in total. The van der Waals surface area contributed by atoms with Crippen LogP contribution in [0.2, 0.25) is 0 Å². The van der Waals surface area contributed by atoms with E-state index in [9.17, 15) is 15.4 Å². The number of pyridine rings is 1. The van der Waals surface area contributed by atoms with Gasteiger partial charge in [0.1, 0.15) is 17.2 Å². The van der Waals surface area contributed by atoms with Crippen LogP contribution in [0.4, 0.5) is 5.69 Å². The van der Waals surface area contributed by atoms with E-state index in [0.29, 0.717) is 22.4 Å². The number of nitriles is 1. The maximum atomic E-state index is 11.1. The van der Waals surface area contributed by atoms with E-state index in [4.69, 9.17) is 10.5 Å². The minimum Gasteiger partial charge on any atom is -0.438 e. The van der Waals surface area contributed by atoms with E-state index < -0.39 is 10.8 Å². The number of nitro groups is 1. The summed E-state index contributed by atoms with van der Waals surface area (Å²) >= 11 is 0. The van der Waals surface area contributed by atoms with Gasteiger partial charge in [-0.2, -0.15) is 5.26 Å². The van der Waals surface area contributed by atoms with Crippen molar-refractivity contribution in [1.29, 1.82) is 5.26 Å². The molecule has 0 spiro atoms. The van der Waals surface area contributed by atoms with Crippen LogP contribution in [0.5, 0.6) is 5.75 Å². The number of hydrogen-bond donors (Lipinski definition) is 1. The van der Waals surface area contributed by atoms with Crippen molar-refractivity contribution in [2.45, 2.75) is 5.92 Å². The van der Waals surface area contributed by atoms with E-state index in [-0.39, 0.29) is 17.1 Å². The monoisotopic (exact) mass is 344 g/mol. The second-order valence-corrected chi connectivity index (χ2v) is 5.84. The third kappa shape index (κ3) is 2.32. The van der Waals surface area contributed by atoms with Crippen LogP contribution in [0.15, 0.2) is 66.2 Å². The predicted molar refractivity (Wildman–Crippen MR) is 94.1 cm³/mol. The van der Waals surface area contributed by atoms with Crippen molar-refractivity contribution >= 4 is 16.6 Å². The zero-order valence-electron chi connectivity index (χ0n) is 13.4. The number of hydrogen-bond acceptors (Lipinski definition) is 6. The number of nitrogens with two attached hydrogens (primary N) is 1. The highest BCUT2D eigenvalue weighted by Crippen LogP contribution is 2.45. The molecule has 1 aliphatic rings. The van der Waals surface area contributed by atoms with Gasteiger partial charge in [0.15, 0.2) is 5.75 Å². The highest BCUT2D eigenvalue weighted by atomic mass is 16.6. The van der Waals surface area contributed by atoms with Crippen LogP contribution < -0.4 is 10.5 Å². The zero-order valence-corrected chi connectivity index (χ0v) is 13.4. The third-order valence-corrected chi connectivity index (χ3v) is 4.37. The average molecular weight is 344 g/mol. The summed E-state index contributed by atoms with van der Waals surface area (Å²) in [5, 5.41) is 21.6. The molecule has 1 atom stereocenters. The van der Waals surface area contributed by atoms with Gasteiger partial charge in [-0.05, 0) is 11.6 Å². The van der Waals surface area contributed by atoms with Gasteiger partial charge in [-0.25, -0.2) is 0 Å². The molecule has 3 aromatic rings. The van der Waals surface area contributed by atoms with Crippen molar-refractivity contribution in [1.82, 2.24) is 4.98 Å². The van der Waals surface area contributed by atoms with Crippen molar-refractivity contribution < 1.29 is 9.66 Å². The normalized spacial score (nSPS) is 15.9. The van der Waals surface area contributed by atoms with Crippen LogP contribution >= 0.6 is 0 Å². The molecule has 0 aliphatic carbocycles. The maximum absolute atomic E-state index is 11.1. The van der Waals surface area contributed by atoms with E-state index in [1.165, 1.54) is 12.1 Å². The molecule has 0 saturated heterocycles. The summed E-state index contributed by atoms with van der Waals surface area (Å²) in [6, 6.07) is 15.7. The Morgan fingerprint density at radius 3 is 2.85 bits per heavy atom. The summed E-state index contributed by atoms with van der Waals surface area (Å²) in [7, 11) is 0. The van der Waals surface area contributed by atoms with Gasteiger partial charge < -0.3 is 10.5 Å². The number of ether oxygens (including phenoxy) is 1. The lowest BCUT2D eigenvalue weighted by molar-refractivity contribution is -0.384. The number of allylic oxidation sites excluding steroid dienone is 1. The number of benzene rings is 2. The maximum Gasteiger partial charge on any atom is 0.269 e. The van der Waals surface area contributed by atoms with Gasteiger partial charge in [-0.15, -0.1) is 0 Å². The van der Waals surface area contributed by atoms with Crippen LogP contribution in [-0.2, 0) is 0 Å². The molecule has 26 heavy (non-hydrogen) atoms. The molecule has 1 unspecified atom stereocenters. The molecule has 2 aromatic carbocycles. The molecule has 7 heteroatoms. The first-order valence-corrected chi connectivity index (χ1v) is 7.79. The Bertz CT molecular complexity index is 1130. The highest BCUT2D eigenvalue weighted by molar-refractivity contribution is 5.87. The first kappa shape index (κ1) is 15.6. The van der Waals surface area contributed by atoms with Crippen LogP contribution in [0.3, 0.4) is 0 Å². The van der Waals surface area contributed by atoms with Crippen molar-refractivity contribution in [3.63, 3.8) is 0 Å². The Morgan fingerprint density at radius 1 is 1.23 bits per heavy atom. The Labute approximate surface area is 148 Å². The van der Waals surface area contributed by atoms with Gasteiger partial charge in [0.05, 0.1) is 10.8 Å². The molecule has 1 aliphatic heterocycles. The molecule has 0 fully saturated rings. The summed E-state index contributed by atoms with van der Waals surface area (Å²) in [6.07, 6.45) is 1.65. The number of nitro benzene ring substituents is 1. The molecule has 2 heterocycles. The first-order valence-electron chi connectivity index (χ1n) is 7.79. The molecule has 0 radical (unpaired) electrons. The SMILES string of the molecule is N#CC1=C(N)Oc2c(ccc3cccnc23)C1c1cccc([N+](=O)[O-])c1. The lowest BCUT2D eigenvalue weighted by atomic mass is 9.83. The van der Waals surface area contributed by atoms with Crippen LogP contribution in [-0.4, -0.2) is 9.91 Å². The highest BCUT2D eigenvalue weighted by Gasteiger charge is 2.32. The van der Waals surface area contributed by atoms with E-state index in [1.54, 1.807) is 18.3 Å². The summed E-state index contributed by atoms with van der Waals surface area (Å²) in [5.74, 6) is -0.110. The second kappa shape index (κ2) is 5.86. The Kier molecular flexibility index (Phi) is 3.52. The number of rotatable bonds is 2. The molecule has 0 amide bonds. The predicted octanol–water partition coefficient (Wildman–Crippen LogP) is 3.36. The van der Waals surface area contributed by atoms with E-state index in [1.807, 2.05) is 24.3 Å². The van der Waals surface area contributed by atoms with Crippen molar-refractivity contribution in [2.24, 2.45) is 5.73 Å². The molecule has 0 saturated carbocycles. The molecular formula is C19H12N4O3. The standard InChI is InChI=1S/C19H12N4O3/c20-10-15-16(12-3-1-5-13(9-12)23(24)25)14-7-6-11-4-2-8-22-17(11)18(14)26-19(15)21/h1-9,16H,21H2. The summed E-state index contributed by atoms with van der Waals surface area (Å²) in [6.45, 7) is 0. The third-order valence-electron chi connectivity index (χ3n) is 4.37. The van der Waals surface area contributed by atoms with Crippen molar-refractivity contribution in [3.8, 4) is 11.8 Å². The summed E-state index contributed by atoms with van der Waals surface area (Å²) in [4.78, 5) is 15.0. The number of nitrogens with zero attached hydrogens (tertiary/aromatic N) is 3. The fraction of sp³-hybridized carbons (Fsp3) is 0.0526. The largest absolute Gasteiger partial charge is 0.438 e. The number of fused-ring (bicyclic) bond motifs is 3. The lowest BCUT2D eigenvalue weighted by Gasteiger charge is -2.27. The van der Waals surface area contributed by atoms with Crippen LogP contribution in [0, 0.1) is 21.4 Å². The molecule has 2 N–H and O–H groups in total. The second-order valence-electron chi connectivity index (χ2n) is 5.84. The van der Waals surface area contributed by atoms with Gasteiger partial charge in [-0.3, -0.25) is 15.1 Å². The minimum absolute atomic E-state index is 0.0188. The molecule has 4 rings (SSSR count). The van der Waals surface area contributed by atoms with Gasteiger partial charge in [0, 0.05) is 29.3 Å². The summed E-state index contributed by atoms with van der Waals surface area (Å²) < 4.78 is 5.72. The zero-order chi connectivity index (χ0) is 18.3. The molecular weight excluding hydrogens is 332 g/mol. The van der Waals surface area contributed by atoms with Crippen molar-refractivity contribution in [3.05, 3.63) is 87.4 Å². The molecule has 126 valence electrons. The van der Waals surface area contributed by atoms with Crippen LogP contribution in [0.1, 0.15) is 17.0 Å². The molecule has 1 aromatic heterocycles. The lowest BCUT2D eigenvalue weighted by Crippen LogP contribution is -2.21. The Hall–Kier alpha value is -3.92. The van der Waals surface area contributed by atoms with E-state index >= 15 is 0 Å². The fourth-order valence-electron chi connectivity index (χ4n) is 3.21. The first-order chi connectivity index (χ1) is 12.6. The van der Waals surface area contributed by atoms with Crippen LogP contribution in [0.25, 0.3) is 10.9 Å². The average Bonchev–Trinajstić information content (AvgIpc) is 2.67. The van der Waals surface area contributed by atoms with E-state index in [2.05, 4.69) is 11.1 Å². The topological polar surface area (TPSA) is 115 Å². The fourth-order valence-corrected chi connectivity index (χ4v) is 3.21.